The Morgan fingerprint density at radius 3 is 2.48 bits per heavy atom. The second-order valence-electron chi connectivity index (χ2n) is 6.94. The van der Waals surface area contributed by atoms with Crippen molar-refractivity contribution in [2.75, 3.05) is 20.8 Å². The van der Waals surface area contributed by atoms with Crippen molar-refractivity contribution in [1.29, 1.82) is 0 Å². The van der Waals surface area contributed by atoms with Crippen LogP contribution >= 0.6 is 0 Å². The number of carbonyl (C=O) groups excluding carboxylic acids is 1. The number of aliphatic hydroxyl groups is 1. The quantitative estimate of drug-likeness (QED) is 0.704. The molecule has 2 aliphatic rings. The Bertz CT molecular complexity index is 923. The number of aromatic hydroxyl groups is 2. The number of hydrogen-bond donors (Lipinski definition) is 3. The van der Waals surface area contributed by atoms with Crippen molar-refractivity contribution in [3.05, 3.63) is 47.0 Å². The standard InChI is InChI=1S/C20H20O7/c1-25-16-5-10(3-4-14(16)21)18-12-7-15(22)17(26-2)6-11(12)8-20(24)13(18)9-27-19(20)23/h3-7,13,18,21-22,24H,8-9H2,1-2H3/t13-,18+,20-/m1/s1. The topological polar surface area (TPSA) is 105 Å². The fraction of sp³-hybridized carbons (Fsp3) is 0.350. The van der Waals surface area contributed by atoms with E-state index >= 15 is 0 Å². The van der Waals surface area contributed by atoms with Crippen molar-refractivity contribution in [2.24, 2.45) is 5.92 Å². The Kier molecular flexibility index (Phi) is 3.92. The van der Waals surface area contributed by atoms with E-state index in [9.17, 15) is 20.1 Å². The minimum absolute atomic E-state index is 0.0103. The molecule has 142 valence electrons. The van der Waals surface area contributed by atoms with Crippen LogP contribution < -0.4 is 9.47 Å². The third kappa shape index (κ3) is 2.49. The number of methoxy groups -OCH3 is 2. The predicted molar refractivity (Wildman–Crippen MR) is 94.3 cm³/mol. The number of phenols is 2. The molecule has 0 spiro atoms. The van der Waals surface area contributed by atoms with Gasteiger partial charge in [0.05, 0.1) is 20.8 Å². The lowest BCUT2D eigenvalue weighted by Gasteiger charge is -2.39. The van der Waals surface area contributed by atoms with Gasteiger partial charge in [0.1, 0.15) is 0 Å². The molecule has 1 saturated heterocycles. The first-order chi connectivity index (χ1) is 12.9. The summed E-state index contributed by atoms with van der Waals surface area (Å²) in [5.41, 5.74) is 0.537. The molecule has 1 fully saturated rings. The summed E-state index contributed by atoms with van der Waals surface area (Å²) in [6.07, 6.45) is 0.0776. The fourth-order valence-electron chi connectivity index (χ4n) is 4.19. The van der Waals surface area contributed by atoms with Gasteiger partial charge < -0.3 is 29.5 Å². The molecule has 7 heteroatoms. The van der Waals surface area contributed by atoms with Crippen molar-refractivity contribution < 1.29 is 34.3 Å². The van der Waals surface area contributed by atoms with Gasteiger partial charge in [0.25, 0.3) is 0 Å². The van der Waals surface area contributed by atoms with Gasteiger partial charge in [-0.2, -0.15) is 0 Å². The summed E-state index contributed by atoms with van der Waals surface area (Å²) >= 11 is 0. The molecule has 27 heavy (non-hydrogen) atoms. The van der Waals surface area contributed by atoms with Gasteiger partial charge in [0.15, 0.2) is 28.6 Å². The van der Waals surface area contributed by atoms with E-state index in [0.717, 1.165) is 11.1 Å². The van der Waals surface area contributed by atoms with Gasteiger partial charge in [-0.1, -0.05) is 6.07 Å². The average molecular weight is 372 g/mol. The van der Waals surface area contributed by atoms with E-state index in [-0.39, 0.29) is 36.0 Å². The highest BCUT2D eigenvalue weighted by molar-refractivity contribution is 5.83. The van der Waals surface area contributed by atoms with Gasteiger partial charge in [-0.15, -0.1) is 0 Å². The summed E-state index contributed by atoms with van der Waals surface area (Å²) in [6.45, 7) is 0.0649. The molecule has 1 heterocycles. The first kappa shape index (κ1) is 17.5. The van der Waals surface area contributed by atoms with Crippen LogP contribution in [0, 0.1) is 5.92 Å². The number of carbonyl (C=O) groups is 1. The molecule has 0 saturated carbocycles. The summed E-state index contributed by atoms with van der Waals surface area (Å²) in [4.78, 5) is 12.3. The maximum Gasteiger partial charge on any atom is 0.338 e. The number of rotatable bonds is 3. The number of esters is 1. The number of fused-ring (bicyclic) bond motifs is 2. The third-order valence-corrected chi connectivity index (χ3v) is 5.56. The molecule has 0 amide bonds. The van der Waals surface area contributed by atoms with Gasteiger partial charge in [-0.3, -0.25) is 0 Å². The van der Waals surface area contributed by atoms with E-state index in [4.69, 9.17) is 14.2 Å². The molecule has 2 aromatic rings. The Balaban J connectivity index is 1.94. The van der Waals surface area contributed by atoms with Crippen molar-refractivity contribution in [3.8, 4) is 23.0 Å². The highest BCUT2D eigenvalue weighted by Crippen LogP contribution is 2.51. The first-order valence-corrected chi connectivity index (χ1v) is 8.55. The average Bonchev–Trinajstić information content (AvgIpc) is 2.94. The Morgan fingerprint density at radius 2 is 1.78 bits per heavy atom. The maximum absolute atomic E-state index is 12.3. The van der Waals surface area contributed by atoms with E-state index in [1.165, 1.54) is 20.3 Å². The van der Waals surface area contributed by atoms with Crippen LogP contribution in [-0.4, -0.2) is 47.7 Å². The Labute approximate surface area is 155 Å². The number of ether oxygens (including phenoxy) is 3. The number of hydrogen-bond acceptors (Lipinski definition) is 7. The van der Waals surface area contributed by atoms with Gasteiger partial charge in [0.2, 0.25) is 0 Å². The lowest BCUT2D eigenvalue weighted by molar-refractivity contribution is -0.154. The summed E-state index contributed by atoms with van der Waals surface area (Å²) in [5.74, 6) is -1.10. The van der Waals surface area contributed by atoms with Gasteiger partial charge in [-0.25, -0.2) is 4.79 Å². The SMILES string of the molecule is COc1cc([C@H]2c3cc(O)c(OC)cc3C[C@]3(O)C(=O)OC[C@H]23)ccc1O. The molecule has 1 aliphatic carbocycles. The van der Waals surface area contributed by atoms with Crippen molar-refractivity contribution in [1.82, 2.24) is 0 Å². The number of benzene rings is 2. The zero-order chi connectivity index (χ0) is 19.3. The van der Waals surface area contributed by atoms with E-state index in [2.05, 4.69) is 0 Å². The molecule has 0 aromatic heterocycles. The van der Waals surface area contributed by atoms with Gasteiger partial charge in [0, 0.05) is 18.3 Å². The van der Waals surface area contributed by atoms with Crippen LogP contribution in [0.1, 0.15) is 22.6 Å². The van der Waals surface area contributed by atoms with Gasteiger partial charge in [-0.05, 0) is 41.0 Å². The van der Waals surface area contributed by atoms with Crippen LogP contribution in [0.5, 0.6) is 23.0 Å². The summed E-state index contributed by atoms with van der Waals surface area (Å²) in [6, 6.07) is 8.11. The van der Waals surface area contributed by atoms with Crippen LogP contribution in [0.15, 0.2) is 30.3 Å². The zero-order valence-corrected chi connectivity index (χ0v) is 14.9. The number of cyclic esters (lactones) is 1. The Hall–Kier alpha value is -2.93. The first-order valence-electron chi connectivity index (χ1n) is 8.55. The van der Waals surface area contributed by atoms with E-state index in [0.29, 0.717) is 5.56 Å². The smallest absolute Gasteiger partial charge is 0.338 e. The second-order valence-corrected chi connectivity index (χ2v) is 6.94. The van der Waals surface area contributed by atoms with E-state index in [1.807, 2.05) is 0 Å². The molecule has 2 aromatic carbocycles. The molecular formula is C20H20O7. The van der Waals surface area contributed by atoms with Crippen LogP contribution in [-0.2, 0) is 16.0 Å². The summed E-state index contributed by atoms with van der Waals surface area (Å²) in [5, 5.41) is 31.3. The minimum atomic E-state index is -1.66. The van der Waals surface area contributed by atoms with Crippen LogP contribution in [0.25, 0.3) is 0 Å². The molecule has 4 rings (SSSR count). The highest BCUT2D eigenvalue weighted by Gasteiger charge is 2.57. The molecular weight excluding hydrogens is 352 g/mol. The van der Waals surface area contributed by atoms with E-state index in [1.54, 1.807) is 24.3 Å². The second kappa shape index (κ2) is 6.06. The van der Waals surface area contributed by atoms with Crippen LogP contribution in [0.3, 0.4) is 0 Å². The molecule has 3 N–H and O–H groups in total. The Morgan fingerprint density at radius 1 is 1.07 bits per heavy atom. The normalized spacial score (nSPS) is 26.1. The van der Waals surface area contributed by atoms with Crippen molar-refractivity contribution in [3.63, 3.8) is 0 Å². The monoisotopic (exact) mass is 372 g/mol. The largest absolute Gasteiger partial charge is 0.504 e. The maximum atomic E-state index is 12.3. The molecule has 3 atom stereocenters. The third-order valence-electron chi connectivity index (χ3n) is 5.56. The predicted octanol–water partition coefficient (Wildman–Crippen LogP) is 1.71. The molecule has 0 radical (unpaired) electrons. The molecule has 0 bridgehead atoms. The van der Waals surface area contributed by atoms with Crippen molar-refractivity contribution >= 4 is 5.97 Å². The van der Waals surface area contributed by atoms with E-state index < -0.39 is 23.4 Å². The molecule has 1 aliphatic heterocycles. The highest BCUT2D eigenvalue weighted by atomic mass is 16.6. The number of phenolic OH excluding ortho intramolecular Hbond substituents is 2. The fourth-order valence-corrected chi connectivity index (χ4v) is 4.19. The van der Waals surface area contributed by atoms with Crippen LogP contribution in [0.2, 0.25) is 0 Å². The molecule has 7 nitrogen and oxygen atoms in total. The van der Waals surface area contributed by atoms with Gasteiger partial charge >= 0.3 is 5.97 Å². The zero-order valence-electron chi connectivity index (χ0n) is 14.9. The van der Waals surface area contributed by atoms with Crippen LogP contribution in [0.4, 0.5) is 0 Å². The lowest BCUT2D eigenvalue weighted by Crippen LogP contribution is -2.48. The van der Waals surface area contributed by atoms with Crippen molar-refractivity contribution in [2.45, 2.75) is 17.9 Å². The summed E-state index contributed by atoms with van der Waals surface area (Å²) in [7, 11) is 2.89. The molecule has 0 unspecified atom stereocenters. The summed E-state index contributed by atoms with van der Waals surface area (Å²) < 4.78 is 15.6. The lowest BCUT2D eigenvalue weighted by atomic mass is 9.65. The minimum Gasteiger partial charge on any atom is -0.504 e.